The van der Waals surface area contributed by atoms with Gasteiger partial charge in [0.15, 0.2) is 18.1 Å². The van der Waals surface area contributed by atoms with Gasteiger partial charge in [0.05, 0.1) is 12.4 Å². The van der Waals surface area contributed by atoms with Crippen LogP contribution in [-0.2, 0) is 11.3 Å². The quantitative estimate of drug-likeness (QED) is 0.684. The minimum atomic E-state index is -0.567. The standard InChI is InChI=1S/C15H11N3O3/c19-15(12-8-16-6-7-17-12)20-10-14-18-9-13(21-14)11-4-2-1-3-5-11/h1-9H,10H2. The molecule has 0 atom stereocenters. The zero-order valence-electron chi connectivity index (χ0n) is 11.0. The van der Waals surface area contributed by atoms with Crippen LogP contribution in [0.3, 0.4) is 0 Å². The predicted molar refractivity (Wildman–Crippen MR) is 73.1 cm³/mol. The van der Waals surface area contributed by atoms with Gasteiger partial charge >= 0.3 is 5.97 Å². The van der Waals surface area contributed by atoms with Gasteiger partial charge in [-0.25, -0.2) is 14.8 Å². The van der Waals surface area contributed by atoms with Crippen LogP contribution in [0.15, 0.2) is 59.5 Å². The van der Waals surface area contributed by atoms with Crippen molar-refractivity contribution in [1.29, 1.82) is 0 Å². The average molecular weight is 281 g/mol. The molecule has 21 heavy (non-hydrogen) atoms. The zero-order chi connectivity index (χ0) is 14.5. The molecule has 1 aromatic carbocycles. The fraction of sp³-hybridized carbons (Fsp3) is 0.0667. The van der Waals surface area contributed by atoms with E-state index in [2.05, 4.69) is 15.0 Å². The third-order valence-electron chi connectivity index (χ3n) is 2.71. The molecule has 3 aromatic rings. The van der Waals surface area contributed by atoms with Crippen LogP contribution >= 0.6 is 0 Å². The Bertz CT molecular complexity index is 726. The van der Waals surface area contributed by atoms with Gasteiger partial charge in [0, 0.05) is 18.0 Å². The van der Waals surface area contributed by atoms with Crippen LogP contribution < -0.4 is 0 Å². The molecule has 0 aliphatic rings. The Labute approximate surface area is 120 Å². The number of hydrogen-bond acceptors (Lipinski definition) is 6. The van der Waals surface area contributed by atoms with Crippen molar-refractivity contribution in [3.05, 3.63) is 66.7 Å². The van der Waals surface area contributed by atoms with Crippen molar-refractivity contribution in [2.45, 2.75) is 6.61 Å². The van der Waals surface area contributed by atoms with Gasteiger partial charge in [-0.2, -0.15) is 0 Å². The van der Waals surface area contributed by atoms with E-state index in [9.17, 15) is 4.79 Å². The smallest absolute Gasteiger partial charge is 0.359 e. The summed E-state index contributed by atoms with van der Waals surface area (Å²) in [5.74, 6) is 0.384. The van der Waals surface area contributed by atoms with Gasteiger partial charge in [0.25, 0.3) is 0 Å². The molecular formula is C15H11N3O3. The first-order valence-electron chi connectivity index (χ1n) is 6.26. The highest BCUT2D eigenvalue weighted by Gasteiger charge is 2.12. The van der Waals surface area contributed by atoms with Crippen molar-refractivity contribution in [3.63, 3.8) is 0 Å². The number of ether oxygens (including phenoxy) is 1. The summed E-state index contributed by atoms with van der Waals surface area (Å²) in [6.45, 7) is -0.0533. The van der Waals surface area contributed by atoms with Gasteiger partial charge < -0.3 is 9.15 Å². The number of esters is 1. The summed E-state index contributed by atoms with van der Waals surface area (Å²) in [5.41, 5.74) is 1.06. The van der Waals surface area contributed by atoms with Crippen LogP contribution in [-0.4, -0.2) is 20.9 Å². The molecule has 0 bridgehead atoms. The molecule has 0 radical (unpaired) electrons. The summed E-state index contributed by atoms with van der Waals surface area (Å²) < 4.78 is 10.6. The second-order valence-corrected chi connectivity index (χ2v) is 4.15. The summed E-state index contributed by atoms with van der Waals surface area (Å²) in [7, 11) is 0. The minimum Gasteiger partial charge on any atom is -0.451 e. The number of hydrogen-bond donors (Lipinski definition) is 0. The average Bonchev–Trinajstić information content (AvgIpc) is 3.03. The van der Waals surface area contributed by atoms with Crippen molar-refractivity contribution >= 4 is 5.97 Å². The van der Waals surface area contributed by atoms with Gasteiger partial charge in [-0.05, 0) is 0 Å². The molecule has 6 heteroatoms. The van der Waals surface area contributed by atoms with Crippen LogP contribution in [0.25, 0.3) is 11.3 Å². The van der Waals surface area contributed by atoms with Gasteiger partial charge in [0.2, 0.25) is 5.89 Å². The largest absolute Gasteiger partial charge is 0.451 e. The lowest BCUT2D eigenvalue weighted by molar-refractivity contribution is 0.0431. The highest BCUT2D eigenvalue weighted by Crippen LogP contribution is 2.20. The number of oxazole rings is 1. The molecule has 0 spiro atoms. The Morgan fingerprint density at radius 1 is 1.10 bits per heavy atom. The van der Waals surface area contributed by atoms with E-state index in [0.29, 0.717) is 11.7 Å². The fourth-order valence-corrected chi connectivity index (χ4v) is 1.72. The molecule has 0 saturated heterocycles. The molecule has 0 amide bonds. The van der Waals surface area contributed by atoms with E-state index in [0.717, 1.165) is 5.56 Å². The van der Waals surface area contributed by atoms with Crippen molar-refractivity contribution in [1.82, 2.24) is 15.0 Å². The lowest BCUT2D eigenvalue weighted by atomic mass is 10.2. The van der Waals surface area contributed by atoms with Crippen LogP contribution in [0, 0.1) is 0 Å². The SMILES string of the molecule is O=C(OCc1ncc(-c2ccccc2)o1)c1cnccn1. The van der Waals surface area contributed by atoms with Gasteiger partial charge in [-0.15, -0.1) is 0 Å². The number of carbonyl (C=O) groups excluding carboxylic acids is 1. The number of carbonyl (C=O) groups is 1. The zero-order valence-corrected chi connectivity index (χ0v) is 11.0. The van der Waals surface area contributed by atoms with Crippen molar-refractivity contribution < 1.29 is 13.9 Å². The van der Waals surface area contributed by atoms with E-state index < -0.39 is 5.97 Å². The maximum Gasteiger partial charge on any atom is 0.359 e. The van der Waals surface area contributed by atoms with E-state index in [1.54, 1.807) is 6.20 Å². The molecular weight excluding hydrogens is 270 g/mol. The number of benzene rings is 1. The van der Waals surface area contributed by atoms with Gasteiger partial charge in [-0.1, -0.05) is 30.3 Å². The molecule has 3 rings (SSSR count). The lowest BCUT2D eigenvalue weighted by Gasteiger charge is -2.00. The molecule has 6 nitrogen and oxygen atoms in total. The Morgan fingerprint density at radius 3 is 2.71 bits per heavy atom. The molecule has 0 aliphatic heterocycles. The first-order chi connectivity index (χ1) is 10.3. The number of aromatic nitrogens is 3. The summed E-state index contributed by atoms with van der Waals surface area (Å²) in [4.78, 5) is 23.4. The highest BCUT2D eigenvalue weighted by molar-refractivity contribution is 5.86. The van der Waals surface area contributed by atoms with Crippen molar-refractivity contribution in [3.8, 4) is 11.3 Å². The summed E-state index contributed by atoms with van der Waals surface area (Å²) >= 11 is 0. The molecule has 2 aromatic heterocycles. The first-order valence-corrected chi connectivity index (χ1v) is 6.26. The number of nitrogens with zero attached hydrogens (tertiary/aromatic N) is 3. The van der Waals surface area contributed by atoms with E-state index in [-0.39, 0.29) is 12.3 Å². The third-order valence-corrected chi connectivity index (χ3v) is 2.71. The van der Waals surface area contributed by atoms with Gasteiger partial charge in [-0.3, -0.25) is 4.98 Å². The summed E-state index contributed by atoms with van der Waals surface area (Å²) in [5, 5.41) is 0. The highest BCUT2D eigenvalue weighted by atomic mass is 16.5. The van der Waals surface area contributed by atoms with Crippen molar-refractivity contribution in [2.24, 2.45) is 0 Å². The Balaban J connectivity index is 1.64. The Hall–Kier alpha value is -3.02. The van der Waals surface area contributed by atoms with Crippen LogP contribution in [0.1, 0.15) is 16.4 Å². The second kappa shape index (κ2) is 5.96. The van der Waals surface area contributed by atoms with Crippen LogP contribution in [0.2, 0.25) is 0 Å². The second-order valence-electron chi connectivity index (χ2n) is 4.15. The monoisotopic (exact) mass is 281 g/mol. The number of rotatable bonds is 4. The lowest BCUT2D eigenvalue weighted by Crippen LogP contribution is -2.07. The van der Waals surface area contributed by atoms with E-state index >= 15 is 0 Å². The maximum absolute atomic E-state index is 11.7. The first kappa shape index (κ1) is 13.0. The molecule has 0 fully saturated rings. The molecule has 0 saturated carbocycles. The predicted octanol–water partition coefficient (Wildman–Crippen LogP) is 2.49. The summed E-state index contributed by atoms with van der Waals surface area (Å²) in [6, 6.07) is 9.56. The normalized spacial score (nSPS) is 10.3. The van der Waals surface area contributed by atoms with Crippen LogP contribution in [0.4, 0.5) is 0 Å². The van der Waals surface area contributed by atoms with E-state index in [4.69, 9.17) is 9.15 Å². The van der Waals surface area contributed by atoms with Crippen LogP contribution in [0.5, 0.6) is 0 Å². The molecule has 0 unspecified atom stereocenters. The molecule has 0 aliphatic carbocycles. The molecule has 0 N–H and O–H groups in total. The Morgan fingerprint density at radius 2 is 1.95 bits per heavy atom. The van der Waals surface area contributed by atoms with E-state index in [1.807, 2.05) is 30.3 Å². The van der Waals surface area contributed by atoms with Crippen molar-refractivity contribution in [2.75, 3.05) is 0 Å². The Kier molecular flexibility index (Phi) is 3.68. The molecule has 2 heterocycles. The summed E-state index contributed by atoms with van der Waals surface area (Å²) in [6.07, 6.45) is 5.85. The fourth-order valence-electron chi connectivity index (χ4n) is 1.72. The van der Waals surface area contributed by atoms with Gasteiger partial charge in [0.1, 0.15) is 0 Å². The third kappa shape index (κ3) is 3.11. The maximum atomic E-state index is 11.7. The minimum absolute atomic E-state index is 0.0533. The molecule has 104 valence electrons. The van der Waals surface area contributed by atoms with E-state index in [1.165, 1.54) is 18.6 Å². The topological polar surface area (TPSA) is 78.1 Å².